The molecule has 0 aliphatic carbocycles. The van der Waals surface area contributed by atoms with E-state index < -0.39 is 0 Å². The van der Waals surface area contributed by atoms with E-state index in [-0.39, 0.29) is 5.91 Å². The molecule has 1 amide bonds. The maximum atomic E-state index is 12.6. The zero-order chi connectivity index (χ0) is 20.9. The number of benzene rings is 2. The average molecular weight is 470 g/mol. The van der Waals surface area contributed by atoms with Gasteiger partial charge in [0, 0.05) is 54.7 Å². The summed E-state index contributed by atoms with van der Waals surface area (Å²) in [6.45, 7) is 3.09. The van der Waals surface area contributed by atoms with Gasteiger partial charge in [-0.2, -0.15) is 0 Å². The van der Waals surface area contributed by atoms with E-state index in [2.05, 4.69) is 37.9 Å². The van der Waals surface area contributed by atoms with Crippen molar-refractivity contribution in [3.05, 3.63) is 65.1 Å². The van der Waals surface area contributed by atoms with E-state index in [9.17, 15) is 4.79 Å². The minimum absolute atomic E-state index is 0.145. The van der Waals surface area contributed by atoms with Gasteiger partial charge in [0.1, 0.15) is 5.75 Å². The molecular weight excluding hydrogens is 446 g/mol. The molecule has 1 aromatic heterocycles. The van der Waals surface area contributed by atoms with Crippen LogP contribution in [0, 0.1) is 0 Å². The van der Waals surface area contributed by atoms with Crippen molar-refractivity contribution in [2.24, 2.45) is 0 Å². The van der Waals surface area contributed by atoms with Gasteiger partial charge in [-0.3, -0.25) is 4.79 Å². The Morgan fingerprint density at radius 3 is 2.60 bits per heavy atom. The molecule has 1 aliphatic rings. The Morgan fingerprint density at radius 2 is 1.90 bits per heavy atom. The lowest BCUT2D eigenvalue weighted by Gasteiger charge is -2.36. The quantitative estimate of drug-likeness (QED) is 0.535. The van der Waals surface area contributed by atoms with Crippen molar-refractivity contribution < 1.29 is 13.9 Å². The van der Waals surface area contributed by atoms with Crippen molar-refractivity contribution in [3.8, 4) is 17.1 Å². The van der Waals surface area contributed by atoms with E-state index in [1.807, 2.05) is 41.3 Å². The summed E-state index contributed by atoms with van der Waals surface area (Å²) in [6.07, 6.45) is 2.63. The first kappa shape index (κ1) is 20.5. The molecule has 3 aromatic rings. The van der Waals surface area contributed by atoms with Crippen LogP contribution >= 0.6 is 15.9 Å². The number of anilines is 1. The molecule has 0 radical (unpaired) electrons. The molecule has 0 atom stereocenters. The van der Waals surface area contributed by atoms with E-state index in [0.29, 0.717) is 24.5 Å². The second kappa shape index (κ2) is 9.34. The zero-order valence-corrected chi connectivity index (χ0v) is 18.5. The summed E-state index contributed by atoms with van der Waals surface area (Å²) in [6, 6.07) is 15.9. The Morgan fingerprint density at radius 1 is 1.13 bits per heavy atom. The number of oxazole rings is 1. The number of rotatable bonds is 6. The van der Waals surface area contributed by atoms with Crippen molar-refractivity contribution in [2.75, 3.05) is 38.2 Å². The molecule has 156 valence electrons. The van der Waals surface area contributed by atoms with Crippen molar-refractivity contribution in [1.29, 1.82) is 0 Å². The van der Waals surface area contributed by atoms with Crippen molar-refractivity contribution in [3.63, 3.8) is 0 Å². The molecule has 1 fully saturated rings. The lowest BCUT2D eigenvalue weighted by molar-refractivity contribution is -0.131. The van der Waals surface area contributed by atoms with E-state index in [0.717, 1.165) is 47.7 Å². The predicted octanol–water partition coefficient (Wildman–Crippen LogP) is 4.39. The summed E-state index contributed by atoms with van der Waals surface area (Å²) in [5, 5.41) is 0. The van der Waals surface area contributed by atoms with E-state index in [1.165, 1.54) is 0 Å². The molecule has 6 nitrogen and oxygen atoms in total. The number of ether oxygens (including phenoxy) is 1. The number of carbonyl (C=O) groups is 1. The maximum absolute atomic E-state index is 12.6. The summed E-state index contributed by atoms with van der Waals surface area (Å²) < 4.78 is 12.0. The molecule has 1 saturated heterocycles. The van der Waals surface area contributed by atoms with Gasteiger partial charge in [0.05, 0.1) is 13.3 Å². The van der Waals surface area contributed by atoms with Crippen LogP contribution in [0.1, 0.15) is 12.3 Å². The van der Waals surface area contributed by atoms with Crippen LogP contribution < -0.4 is 9.64 Å². The van der Waals surface area contributed by atoms with Crippen LogP contribution in [0.15, 0.2) is 63.6 Å². The predicted molar refractivity (Wildman–Crippen MR) is 120 cm³/mol. The molecule has 0 unspecified atom stereocenters. The van der Waals surface area contributed by atoms with Gasteiger partial charge in [-0.1, -0.05) is 28.1 Å². The zero-order valence-electron chi connectivity index (χ0n) is 16.9. The largest absolute Gasteiger partial charge is 0.497 e. The third-order valence-corrected chi connectivity index (χ3v) is 5.78. The number of piperazine rings is 1. The first-order valence-corrected chi connectivity index (χ1v) is 10.8. The smallest absolute Gasteiger partial charge is 0.223 e. The number of nitrogens with zero attached hydrogens (tertiary/aromatic N) is 3. The van der Waals surface area contributed by atoms with Gasteiger partial charge in [-0.05, 0) is 36.4 Å². The molecule has 4 rings (SSSR count). The summed E-state index contributed by atoms with van der Waals surface area (Å²) in [4.78, 5) is 21.2. The number of carbonyl (C=O) groups excluding carboxylic acids is 1. The van der Waals surface area contributed by atoms with Crippen molar-refractivity contribution in [2.45, 2.75) is 12.8 Å². The maximum Gasteiger partial charge on any atom is 0.223 e. The fraction of sp³-hybridized carbons (Fsp3) is 0.304. The lowest BCUT2D eigenvalue weighted by Crippen LogP contribution is -2.48. The van der Waals surface area contributed by atoms with Gasteiger partial charge in [0.15, 0.2) is 11.7 Å². The molecule has 30 heavy (non-hydrogen) atoms. The first-order valence-electron chi connectivity index (χ1n) is 10.00. The number of hydrogen-bond donors (Lipinski definition) is 0. The average Bonchev–Trinajstić information content (AvgIpc) is 3.27. The topological polar surface area (TPSA) is 58.8 Å². The Bertz CT molecular complexity index is 995. The molecular formula is C23H24BrN3O3. The molecule has 0 bridgehead atoms. The molecule has 1 aliphatic heterocycles. The minimum Gasteiger partial charge on any atom is -0.497 e. The van der Waals surface area contributed by atoms with Gasteiger partial charge in [-0.25, -0.2) is 4.98 Å². The number of methoxy groups -OCH3 is 1. The number of aryl methyl sites for hydroxylation is 1. The highest BCUT2D eigenvalue weighted by atomic mass is 79.9. The van der Waals surface area contributed by atoms with Gasteiger partial charge in [-0.15, -0.1) is 0 Å². The fourth-order valence-electron chi connectivity index (χ4n) is 3.58. The third-order valence-electron chi connectivity index (χ3n) is 5.29. The van der Waals surface area contributed by atoms with Crippen LogP contribution in [0.3, 0.4) is 0 Å². The van der Waals surface area contributed by atoms with Gasteiger partial charge < -0.3 is 19.0 Å². The van der Waals surface area contributed by atoms with Gasteiger partial charge in [0.2, 0.25) is 5.91 Å². The van der Waals surface area contributed by atoms with Crippen LogP contribution in [0.5, 0.6) is 5.75 Å². The van der Waals surface area contributed by atoms with Crippen LogP contribution in [-0.2, 0) is 11.2 Å². The monoisotopic (exact) mass is 469 g/mol. The molecule has 0 N–H and O–H groups in total. The second-order valence-corrected chi connectivity index (χ2v) is 8.11. The van der Waals surface area contributed by atoms with E-state index >= 15 is 0 Å². The second-order valence-electron chi connectivity index (χ2n) is 7.19. The van der Waals surface area contributed by atoms with E-state index in [4.69, 9.17) is 9.15 Å². The fourth-order valence-corrected chi connectivity index (χ4v) is 3.98. The summed E-state index contributed by atoms with van der Waals surface area (Å²) in [5.74, 6) is 2.30. The Kier molecular flexibility index (Phi) is 6.38. The standard InChI is InChI=1S/C23H24BrN3O3/c1-29-20-7-5-19(6-8-20)26-11-13-27(14-12-26)23(28)10-9-22-25-16-21(30-22)17-3-2-4-18(24)15-17/h2-8,15-16H,9-14H2,1H3. The molecule has 2 heterocycles. The lowest BCUT2D eigenvalue weighted by atomic mass is 10.2. The van der Waals surface area contributed by atoms with Crippen LogP contribution in [0.2, 0.25) is 0 Å². The van der Waals surface area contributed by atoms with Crippen LogP contribution in [0.4, 0.5) is 5.69 Å². The highest BCUT2D eigenvalue weighted by molar-refractivity contribution is 9.10. The van der Waals surface area contributed by atoms with Crippen LogP contribution in [-0.4, -0.2) is 49.1 Å². The van der Waals surface area contributed by atoms with Crippen molar-refractivity contribution in [1.82, 2.24) is 9.88 Å². The number of halogens is 1. The normalized spacial score (nSPS) is 14.1. The summed E-state index contributed by atoms with van der Waals surface area (Å²) in [5.41, 5.74) is 2.12. The van der Waals surface area contributed by atoms with Crippen LogP contribution in [0.25, 0.3) is 11.3 Å². The molecule has 0 saturated carbocycles. The third kappa shape index (κ3) is 4.84. The Balaban J connectivity index is 1.27. The number of hydrogen-bond acceptors (Lipinski definition) is 5. The van der Waals surface area contributed by atoms with Crippen molar-refractivity contribution >= 4 is 27.5 Å². The Hall–Kier alpha value is -2.80. The molecule has 0 spiro atoms. The Labute approximate surface area is 184 Å². The summed E-state index contributed by atoms with van der Waals surface area (Å²) >= 11 is 3.46. The first-order chi connectivity index (χ1) is 14.6. The SMILES string of the molecule is COc1ccc(N2CCN(C(=O)CCc3ncc(-c4cccc(Br)c4)o3)CC2)cc1. The number of aromatic nitrogens is 1. The highest BCUT2D eigenvalue weighted by Crippen LogP contribution is 2.24. The molecule has 7 heteroatoms. The highest BCUT2D eigenvalue weighted by Gasteiger charge is 2.21. The summed E-state index contributed by atoms with van der Waals surface area (Å²) in [7, 11) is 1.67. The van der Waals surface area contributed by atoms with Gasteiger partial charge >= 0.3 is 0 Å². The van der Waals surface area contributed by atoms with E-state index in [1.54, 1.807) is 13.3 Å². The number of amides is 1. The van der Waals surface area contributed by atoms with Gasteiger partial charge in [0.25, 0.3) is 0 Å². The minimum atomic E-state index is 0.145. The molecule has 2 aromatic carbocycles.